The molecule has 0 saturated heterocycles. The summed E-state index contributed by atoms with van der Waals surface area (Å²) in [5.41, 5.74) is 5.65. The molecule has 24 heavy (non-hydrogen) atoms. The predicted molar refractivity (Wildman–Crippen MR) is 90.2 cm³/mol. The fourth-order valence-electron chi connectivity index (χ4n) is 2.93. The summed E-state index contributed by atoms with van der Waals surface area (Å²) in [6, 6.07) is 1.58. The molecule has 1 heterocycles. The lowest BCUT2D eigenvalue weighted by molar-refractivity contribution is -0.121. The van der Waals surface area contributed by atoms with E-state index in [9.17, 15) is 9.59 Å². The first-order valence-electron chi connectivity index (χ1n) is 8.89. The third kappa shape index (κ3) is 6.31. The van der Waals surface area contributed by atoms with Crippen LogP contribution >= 0.6 is 0 Å². The van der Waals surface area contributed by atoms with Crippen molar-refractivity contribution in [3.63, 3.8) is 0 Å². The number of nitrogens with one attached hydrogen (secondary N) is 2. The van der Waals surface area contributed by atoms with Crippen molar-refractivity contribution < 1.29 is 14.1 Å². The number of carbonyl (C=O) groups excluding carboxylic acids is 2. The molecule has 7 nitrogen and oxygen atoms in total. The van der Waals surface area contributed by atoms with Gasteiger partial charge in [-0.05, 0) is 38.1 Å². The van der Waals surface area contributed by atoms with Gasteiger partial charge in [-0.25, -0.2) is 0 Å². The van der Waals surface area contributed by atoms with Crippen LogP contribution in [0.15, 0.2) is 10.6 Å². The van der Waals surface area contributed by atoms with Gasteiger partial charge >= 0.3 is 0 Å². The lowest BCUT2D eigenvalue weighted by Crippen LogP contribution is -2.30. The molecule has 1 fully saturated rings. The Kier molecular flexibility index (Phi) is 7.74. The maximum absolute atomic E-state index is 12.1. The Morgan fingerprint density at radius 1 is 1.21 bits per heavy atom. The van der Waals surface area contributed by atoms with Gasteiger partial charge in [0.1, 0.15) is 0 Å². The van der Waals surface area contributed by atoms with E-state index in [2.05, 4.69) is 15.8 Å². The summed E-state index contributed by atoms with van der Waals surface area (Å²) in [6.07, 6.45) is 8.21. The van der Waals surface area contributed by atoms with E-state index in [-0.39, 0.29) is 24.1 Å². The fourth-order valence-corrected chi connectivity index (χ4v) is 2.93. The molecule has 7 heteroatoms. The van der Waals surface area contributed by atoms with Crippen molar-refractivity contribution in [2.45, 2.75) is 57.9 Å². The number of aromatic nitrogens is 1. The number of nitrogens with two attached hydrogens (primary N) is 1. The van der Waals surface area contributed by atoms with Crippen molar-refractivity contribution in [2.24, 2.45) is 11.7 Å². The molecule has 0 unspecified atom stereocenters. The molecule has 134 valence electrons. The zero-order valence-electron chi connectivity index (χ0n) is 14.2. The molecule has 2 rings (SSSR count). The molecule has 1 aromatic rings. The van der Waals surface area contributed by atoms with Crippen LogP contribution in [-0.2, 0) is 11.3 Å². The van der Waals surface area contributed by atoms with Crippen LogP contribution in [0.4, 0.5) is 0 Å². The molecule has 0 aromatic carbocycles. The van der Waals surface area contributed by atoms with E-state index in [1.54, 1.807) is 6.07 Å². The standard InChI is InChI=1S/C17H28N4O3/c18-9-5-4-8-16(22)19-12-14-10-15(21-24-14)17(23)20-11-13-6-2-1-3-7-13/h10,13H,1-9,11-12,18H2,(H,19,22)(H,20,23). The van der Waals surface area contributed by atoms with Crippen molar-refractivity contribution >= 4 is 11.8 Å². The van der Waals surface area contributed by atoms with Crippen LogP contribution in [0.25, 0.3) is 0 Å². The molecule has 0 spiro atoms. The first-order valence-corrected chi connectivity index (χ1v) is 8.89. The summed E-state index contributed by atoms with van der Waals surface area (Å²) < 4.78 is 5.11. The van der Waals surface area contributed by atoms with Gasteiger partial charge in [-0.2, -0.15) is 0 Å². The quantitative estimate of drug-likeness (QED) is 0.595. The lowest BCUT2D eigenvalue weighted by Gasteiger charge is -2.21. The van der Waals surface area contributed by atoms with E-state index in [1.807, 2.05) is 0 Å². The SMILES string of the molecule is NCCCCC(=O)NCc1cc(C(=O)NCC2CCCCC2)no1. The molecule has 2 amide bonds. The summed E-state index contributed by atoms with van der Waals surface area (Å²) in [7, 11) is 0. The fraction of sp³-hybridized carbons (Fsp3) is 0.706. The average Bonchev–Trinajstić information content (AvgIpc) is 3.08. The summed E-state index contributed by atoms with van der Waals surface area (Å²) in [5.74, 6) is 0.778. The molecule has 1 aromatic heterocycles. The zero-order valence-corrected chi connectivity index (χ0v) is 14.2. The summed E-state index contributed by atoms with van der Waals surface area (Å²) in [4.78, 5) is 23.7. The second kappa shape index (κ2) is 10.1. The van der Waals surface area contributed by atoms with Crippen LogP contribution in [0.3, 0.4) is 0 Å². The van der Waals surface area contributed by atoms with E-state index < -0.39 is 0 Å². The number of hydrogen-bond acceptors (Lipinski definition) is 5. The van der Waals surface area contributed by atoms with Crippen LogP contribution in [0, 0.1) is 5.92 Å². The largest absolute Gasteiger partial charge is 0.359 e. The first kappa shape index (κ1) is 18.4. The van der Waals surface area contributed by atoms with Gasteiger partial charge in [0.2, 0.25) is 5.91 Å². The van der Waals surface area contributed by atoms with Crippen molar-refractivity contribution in [3.05, 3.63) is 17.5 Å². The van der Waals surface area contributed by atoms with Crippen molar-refractivity contribution in [2.75, 3.05) is 13.1 Å². The highest BCUT2D eigenvalue weighted by Crippen LogP contribution is 2.22. The Balaban J connectivity index is 1.69. The Morgan fingerprint density at radius 2 is 2.00 bits per heavy atom. The number of nitrogens with zero attached hydrogens (tertiary/aromatic N) is 1. The summed E-state index contributed by atoms with van der Waals surface area (Å²) in [6.45, 7) is 1.53. The average molecular weight is 336 g/mol. The van der Waals surface area contributed by atoms with Crippen LogP contribution in [-0.4, -0.2) is 30.1 Å². The second-order valence-corrected chi connectivity index (χ2v) is 6.42. The molecule has 1 saturated carbocycles. The van der Waals surface area contributed by atoms with Crippen LogP contribution < -0.4 is 16.4 Å². The highest BCUT2D eigenvalue weighted by atomic mass is 16.5. The molecule has 1 aliphatic rings. The third-order valence-electron chi connectivity index (χ3n) is 4.39. The Hall–Kier alpha value is -1.89. The third-order valence-corrected chi connectivity index (χ3v) is 4.39. The van der Waals surface area contributed by atoms with Gasteiger partial charge in [0.25, 0.3) is 5.91 Å². The van der Waals surface area contributed by atoms with Gasteiger partial charge in [-0.1, -0.05) is 24.4 Å². The highest BCUT2D eigenvalue weighted by Gasteiger charge is 2.17. The van der Waals surface area contributed by atoms with Crippen molar-refractivity contribution in [3.8, 4) is 0 Å². The maximum atomic E-state index is 12.1. The minimum absolute atomic E-state index is 0.0526. The van der Waals surface area contributed by atoms with Gasteiger partial charge in [0.15, 0.2) is 11.5 Å². The Bertz CT molecular complexity index is 524. The molecule has 0 bridgehead atoms. The Labute approximate surface area is 142 Å². The van der Waals surface area contributed by atoms with Crippen LogP contribution in [0.1, 0.15) is 67.6 Å². The van der Waals surface area contributed by atoms with E-state index >= 15 is 0 Å². The highest BCUT2D eigenvalue weighted by molar-refractivity contribution is 5.92. The number of amides is 2. The molecule has 0 atom stereocenters. The van der Waals surface area contributed by atoms with Gasteiger partial charge < -0.3 is 20.9 Å². The van der Waals surface area contributed by atoms with Crippen LogP contribution in [0.5, 0.6) is 0 Å². The van der Waals surface area contributed by atoms with Gasteiger partial charge in [0, 0.05) is 19.0 Å². The molecule has 4 N–H and O–H groups in total. The van der Waals surface area contributed by atoms with Gasteiger partial charge in [-0.15, -0.1) is 0 Å². The number of unbranched alkanes of at least 4 members (excludes halogenated alkanes) is 1. The van der Waals surface area contributed by atoms with Gasteiger partial charge in [0.05, 0.1) is 6.54 Å². The topological polar surface area (TPSA) is 110 Å². The summed E-state index contributed by atoms with van der Waals surface area (Å²) in [5, 5.41) is 9.45. The van der Waals surface area contributed by atoms with E-state index in [0.29, 0.717) is 31.2 Å². The first-order chi connectivity index (χ1) is 11.7. The van der Waals surface area contributed by atoms with E-state index in [0.717, 1.165) is 12.8 Å². The van der Waals surface area contributed by atoms with E-state index in [4.69, 9.17) is 10.3 Å². The maximum Gasteiger partial charge on any atom is 0.273 e. The second-order valence-electron chi connectivity index (χ2n) is 6.42. The predicted octanol–water partition coefficient (Wildman–Crippen LogP) is 1.73. The normalized spacial score (nSPS) is 15.2. The number of hydrogen-bond donors (Lipinski definition) is 3. The van der Waals surface area contributed by atoms with Crippen molar-refractivity contribution in [1.29, 1.82) is 0 Å². The minimum atomic E-state index is -0.218. The van der Waals surface area contributed by atoms with Crippen LogP contribution in [0.2, 0.25) is 0 Å². The number of carbonyl (C=O) groups is 2. The summed E-state index contributed by atoms with van der Waals surface area (Å²) >= 11 is 0. The molecular formula is C17H28N4O3. The van der Waals surface area contributed by atoms with Crippen molar-refractivity contribution in [1.82, 2.24) is 15.8 Å². The molecular weight excluding hydrogens is 308 g/mol. The Morgan fingerprint density at radius 3 is 2.75 bits per heavy atom. The van der Waals surface area contributed by atoms with E-state index in [1.165, 1.54) is 32.1 Å². The van der Waals surface area contributed by atoms with Gasteiger partial charge in [-0.3, -0.25) is 9.59 Å². The smallest absolute Gasteiger partial charge is 0.273 e. The molecule has 0 aliphatic heterocycles. The molecule has 0 radical (unpaired) electrons. The zero-order chi connectivity index (χ0) is 17.2. The number of rotatable bonds is 9. The monoisotopic (exact) mass is 336 g/mol. The molecule has 1 aliphatic carbocycles. The lowest BCUT2D eigenvalue weighted by atomic mass is 9.89. The minimum Gasteiger partial charge on any atom is -0.359 e.